The van der Waals surface area contributed by atoms with Crippen LogP contribution < -0.4 is 4.90 Å². The van der Waals surface area contributed by atoms with E-state index >= 15 is 0 Å². The summed E-state index contributed by atoms with van der Waals surface area (Å²) in [6.07, 6.45) is 2.51. The standard InChI is InChI=1S/C15H21Cl2N/c1-11(2)12-6-8-18(9-7-12)15-13(10-16)4-3-5-14(15)17/h3-5,11-12H,6-10H2,1-2H3. The summed E-state index contributed by atoms with van der Waals surface area (Å²) in [6, 6.07) is 6.01. The van der Waals surface area contributed by atoms with Gasteiger partial charge in [0.2, 0.25) is 0 Å². The lowest BCUT2D eigenvalue weighted by molar-refractivity contribution is 0.311. The molecule has 1 fully saturated rings. The Labute approximate surface area is 120 Å². The predicted molar refractivity (Wildman–Crippen MR) is 80.8 cm³/mol. The minimum absolute atomic E-state index is 0.528. The zero-order valence-electron chi connectivity index (χ0n) is 11.1. The van der Waals surface area contributed by atoms with Crippen LogP contribution in [0.3, 0.4) is 0 Å². The van der Waals surface area contributed by atoms with Gasteiger partial charge in [0.05, 0.1) is 10.7 Å². The van der Waals surface area contributed by atoms with Crippen LogP contribution in [0.4, 0.5) is 5.69 Å². The summed E-state index contributed by atoms with van der Waals surface area (Å²) in [6.45, 7) is 6.83. The average Bonchev–Trinajstić information content (AvgIpc) is 2.38. The Kier molecular flexibility index (Phi) is 4.80. The minimum atomic E-state index is 0.528. The van der Waals surface area contributed by atoms with E-state index in [2.05, 4.69) is 24.8 Å². The second-order valence-corrected chi connectivity index (χ2v) is 6.12. The molecule has 1 nitrogen and oxygen atoms in total. The van der Waals surface area contributed by atoms with Crippen LogP contribution in [0.15, 0.2) is 18.2 Å². The molecular weight excluding hydrogens is 265 g/mol. The number of alkyl halides is 1. The van der Waals surface area contributed by atoms with E-state index in [4.69, 9.17) is 23.2 Å². The van der Waals surface area contributed by atoms with Gasteiger partial charge in [-0.3, -0.25) is 0 Å². The Bertz CT molecular complexity index is 395. The van der Waals surface area contributed by atoms with Gasteiger partial charge >= 0.3 is 0 Å². The molecule has 0 bridgehead atoms. The summed E-state index contributed by atoms with van der Waals surface area (Å²) in [7, 11) is 0. The summed E-state index contributed by atoms with van der Waals surface area (Å²) in [5, 5.41) is 0.830. The first-order valence-corrected chi connectivity index (χ1v) is 7.63. The maximum Gasteiger partial charge on any atom is 0.0642 e. The second kappa shape index (κ2) is 6.16. The molecule has 3 heteroatoms. The molecular formula is C15H21Cl2N. The average molecular weight is 286 g/mol. The van der Waals surface area contributed by atoms with Crippen molar-refractivity contribution in [3.8, 4) is 0 Å². The number of halogens is 2. The first kappa shape index (κ1) is 14.0. The Hall–Kier alpha value is -0.400. The normalized spacial score (nSPS) is 17.5. The number of hydrogen-bond donors (Lipinski definition) is 0. The molecule has 100 valence electrons. The van der Waals surface area contributed by atoms with Gasteiger partial charge < -0.3 is 4.90 Å². The predicted octanol–water partition coefficient (Wildman–Crippen LogP) is 4.95. The molecule has 0 N–H and O–H groups in total. The van der Waals surface area contributed by atoms with E-state index in [9.17, 15) is 0 Å². The molecule has 0 aromatic heterocycles. The molecule has 2 rings (SSSR count). The van der Waals surface area contributed by atoms with Crippen molar-refractivity contribution in [2.24, 2.45) is 11.8 Å². The lowest BCUT2D eigenvalue weighted by atomic mass is 9.86. The molecule has 1 aliphatic rings. The van der Waals surface area contributed by atoms with Crippen molar-refractivity contribution >= 4 is 28.9 Å². The maximum atomic E-state index is 6.34. The van der Waals surface area contributed by atoms with Crippen LogP contribution in [0, 0.1) is 11.8 Å². The van der Waals surface area contributed by atoms with Gasteiger partial charge in [0.15, 0.2) is 0 Å². The van der Waals surface area contributed by atoms with Crippen molar-refractivity contribution in [1.29, 1.82) is 0 Å². The van der Waals surface area contributed by atoms with Gasteiger partial charge in [-0.25, -0.2) is 0 Å². The molecule has 1 aromatic carbocycles. The van der Waals surface area contributed by atoms with Gasteiger partial charge in [0.1, 0.15) is 0 Å². The van der Waals surface area contributed by atoms with E-state index in [1.165, 1.54) is 12.8 Å². The molecule has 0 saturated carbocycles. The van der Waals surface area contributed by atoms with Crippen molar-refractivity contribution in [2.45, 2.75) is 32.6 Å². The molecule has 1 aromatic rings. The number of para-hydroxylation sites is 1. The smallest absolute Gasteiger partial charge is 0.0642 e. The summed E-state index contributed by atoms with van der Waals surface area (Å²) in [5.74, 6) is 2.16. The number of rotatable bonds is 3. The SMILES string of the molecule is CC(C)C1CCN(c2c(Cl)cccc2CCl)CC1. The third-order valence-electron chi connectivity index (χ3n) is 4.01. The van der Waals surface area contributed by atoms with Gasteiger partial charge in [0.25, 0.3) is 0 Å². The maximum absolute atomic E-state index is 6.34. The first-order chi connectivity index (χ1) is 8.63. The van der Waals surface area contributed by atoms with E-state index in [0.29, 0.717) is 5.88 Å². The summed E-state index contributed by atoms with van der Waals surface area (Å²) < 4.78 is 0. The molecule has 1 aliphatic heterocycles. The largest absolute Gasteiger partial charge is 0.370 e. The molecule has 0 aliphatic carbocycles. The fourth-order valence-electron chi connectivity index (χ4n) is 2.81. The zero-order chi connectivity index (χ0) is 13.1. The van der Waals surface area contributed by atoms with Crippen LogP contribution in [-0.2, 0) is 5.88 Å². The van der Waals surface area contributed by atoms with Crippen molar-refractivity contribution in [1.82, 2.24) is 0 Å². The van der Waals surface area contributed by atoms with Gasteiger partial charge in [-0.2, -0.15) is 0 Å². The lowest BCUT2D eigenvalue weighted by Gasteiger charge is -2.36. The summed E-state index contributed by atoms with van der Waals surface area (Å²) in [5.41, 5.74) is 2.29. The fraction of sp³-hybridized carbons (Fsp3) is 0.600. The Morgan fingerprint density at radius 1 is 1.28 bits per heavy atom. The third-order valence-corrected chi connectivity index (χ3v) is 4.61. The van der Waals surface area contributed by atoms with Crippen LogP contribution in [0.1, 0.15) is 32.3 Å². The summed E-state index contributed by atoms with van der Waals surface area (Å²) >= 11 is 12.4. The van der Waals surface area contributed by atoms with Crippen molar-refractivity contribution < 1.29 is 0 Å². The van der Waals surface area contributed by atoms with E-state index in [0.717, 1.165) is 41.2 Å². The minimum Gasteiger partial charge on any atom is -0.370 e. The monoisotopic (exact) mass is 285 g/mol. The number of anilines is 1. The van der Waals surface area contributed by atoms with Gasteiger partial charge in [0, 0.05) is 19.0 Å². The molecule has 1 saturated heterocycles. The quantitative estimate of drug-likeness (QED) is 0.710. The first-order valence-electron chi connectivity index (χ1n) is 6.71. The topological polar surface area (TPSA) is 3.24 Å². The fourth-order valence-corrected chi connectivity index (χ4v) is 3.34. The molecule has 0 unspecified atom stereocenters. The van der Waals surface area contributed by atoms with Gasteiger partial charge in [-0.15, -0.1) is 11.6 Å². The van der Waals surface area contributed by atoms with Crippen LogP contribution in [0.5, 0.6) is 0 Å². The van der Waals surface area contributed by atoms with Gasteiger partial charge in [-0.05, 0) is 36.3 Å². The Morgan fingerprint density at radius 3 is 2.50 bits per heavy atom. The van der Waals surface area contributed by atoms with E-state index in [1.807, 2.05) is 12.1 Å². The molecule has 1 heterocycles. The third kappa shape index (κ3) is 2.95. The summed E-state index contributed by atoms with van der Waals surface area (Å²) in [4.78, 5) is 2.40. The Morgan fingerprint density at radius 2 is 1.94 bits per heavy atom. The van der Waals surface area contributed by atoms with Crippen LogP contribution >= 0.6 is 23.2 Å². The van der Waals surface area contributed by atoms with Crippen LogP contribution in [-0.4, -0.2) is 13.1 Å². The second-order valence-electron chi connectivity index (χ2n) is 5.45. The Balaban J connectivity index is 2.14. The number of piperidine rings is 1. The molecule has 0 spiro atoms. The molecule has 0 amide bonds. The van der Waals surface area contributed by atoms with Crippen molar-refractivity contribution in [3.05, 3.63) is 28.8 Å². The van der Waals surface area contributed by atoms with Crippen LogP contribution in [0.25, 0.3) is 0 Å². The van der Waals surface area contributed by atoms with E-state index < -0.39 is 0 Å². The number of benzene rings is 1. The van der Waals surface area contributed by atoms with E-state index in [-0.39, 0.29) is 0 Å². The number of nitrogens with zero attached hydrogens (tertiary/aromatic N) is 1. The van der Waals surface area contributed by atoms with Crippen LogP contribution in [0.2, 0.25) is 5.02 Å². The highest BCUT2D eigenvalue weighted by Crippen LogP contribution is 2.35. The highest BCUT2D eigenvalue weighted by Gasteiger charge is 2.24. The number of hydrogen-bond acceptors (Lipinski definition) is 1. The lowest BCUT2D eigenvalue weighted by Crippen LogP contribution is -2.35. The molecule has 0 radical (unpaired) electrons. The highest BCUT2D eigenvalue weighted by molar-refractivity contribution is 6.33. The van der Waals surface area contributed by atoms with Crippen molar-refractivity contribution in [2.75, 3.05) is 18.0 Å². The van der Waals surface area contributed by atoms with E-state index in [1.54, 1.807) is 0 Å². The zero-order valence-corrected chi connectivity index (χ0v) is 12.6. The van der Waals surface area contributed by atoms with Gasteiger partial charge in [-0.1, -0.05) is 37.6 Å². The van der Waals surface area contributed by atoms with Crippen molar-refractivity contribution in [3.63, 3.8) is 0 Å². The molecule has 0 atom stereocenters. The highest BCUT2D eigenvalue weighted by atomic mass is 35.5. The molecule has 18 heavy (non-hydrogen) atoms.